The maximum atomic E-state index is 13.4. The minimum atomic E-state index is -0.152. The van der Waals surface area contributed by atoms with Crippen molar-refractivity contribution in [2.24, 2.45) is 11.3 Å². The average molecular weight is 536 g/mol. The van der Waals surface area contributed by atoms with Gasteiger partial charge >= 0.3 is 0 Å². The Hall–Kier alpha value is -2.58. The number of thiazole rings is 1. The number of unbranched alkanes of at least 4 members (excludes halogenated alkanes) is 2. The summed E-state index contributed by atoms with van der Waals surface area (Å²) >= 11 is 1.74. The molecule has 204 valence electrons. The van der Waals surface area contributed by atoms with Crippen LogP contribution in [-0.4, -0.2) is 51.7 Å². The molecule has 1 saturated heterocycles. The number of carbonyl (C=O) groups excluding carboxylic acids is 2. The molecule has 1 aliphatic carbocycles. The third-order valence-corrected chi connectivity index (χ3v) is 9.78. The molecule has 2 aromatic heterocycles. The van der Waals surface area contributed by atoms with Gasteiger partial charge in [0.05, 0.1) is 33.2 Å². The number of hydrogen-bond acceptors (Lipinski definition) is 6. The molecule has 1 aliphatic heterocycles. The molecule has 7 nitrogen and oxygen atoms in total. The minimum Gasteiger partial charge on any atom is -0.346 e. The Morgan fingerprint density at radius 2 is 2.03 bits per heavy atom. The molecular weight excluding hydrogens is 494 g/mol. The highest BCUT2D eigenvalue weighted by Gasteiger charge is 2.58. The summed E-state index contributed by atoms with van der Waals surface area (Å²) in [6, 6.07) is 6.19. The van der Waals surface area contributed by atoms with Crippen molar-refractivity contribution in [2.45, 2.75) is 84.1 Å². The fourth-order valence-corrected chi connectivity index (χ4v) is 6.81. The molecule has 38 heavy (non-hydrogen) atoms. The number of likely N-dealkylation sites (tertiary alicyclic amines) is 1. The number of H-pyrrole nitrogens is 1. The van der Waals surface area contributed by atoms with Gasteiger partial charge in [-0.05, 0) is 76.2 Å². The van der Waals surface area contributed by atoms with E-state index in [-0.39, 0.29) is 23.3 Å². The van der Waals surface area contributed by atoms with Gasteiger partial charge < -0.3 is 15.2 Å². The minimum absolute atomic E-state index is 0.122. The molecule has 1 spiro atoms. The van der Waals surface area contributed by atoms with Gasteiger partial charge in [-0.2, -0.15) is 0 Å². The molecule has 2 aliphatic rings. The van der Waals surface area contributed by atoms with Gasteiger partial charge in [0.2, 0.25) is 5.91 Å². The van der Waals surface area contributed by atoms with Crippen LogP contribution in [0.3, 0.4) is 0 Å². The van der Waals surface area contributed by atoms with E-state index in [0.717, 1.165) is 92.1 Å². The van der Waals surface area contributed by atoms with Gasteiger partial charge in [-0.15, -0.1) is 11.3 Å². The fraction of sp³-hybridized carbons (Fsp3) is 0.600. The number of benzene rings is 1. The molecule has 2 atom stereocenters. The quantitative estimate of drug-likeness (QED) is 0.275. The summed E-state index contributed by atoms with van der Waals surface area (Å²) in [4.78, 5) is 40.4. The van der Waals surface area contributed by atoms with E-state index in [2.05, 4.69) is 52.4 Å². The zero-order valence-corrected chi connectivity index (χ0v) is 23.8. The predicted molar refractivity (Wildman–Crippen MR) is 153 cm³/mol. The van der Waals surface area contributed by atoms with E-state index in [1.807, 2.05) is 13.1 Å². The van der Waals surface area contributed by atoms with Gasteiger partial charge in [0.25, 0.3) is 0 Å². The number of imidazole rings is 1. The summed E-state index contributed by atoms with van der Waals surface area (Å²) in [6.07, 6.45) is 11.0. The lowest BCUT2D eigenvalue weighted by atomic mass is 9.91. The normalized spacial score (nSPS) is 19.6. The van der Waals surface area contributed by atoms with Crippen LogP contribution in [0.4, 0.5) is 0 Å². The topological polar surface area (TPSA) is 91.0 Å². The lowest BCUT2D eigenvalue weighted by molar-refractivity contribution is -0.124. The van der Waals surface area contributed by atoms with Crippen molar-refractivity contribution in [2.75, 3.05) is 20.1 Å². The number of ketones is 1. The van der Waals surface area contributed by atoms with Crippen LogP contribution in [0.5, 0.6) is 0 Å². The second kappa shape index (κ2) is 11.7. The van der Waals surface area contributed by atoms with Gasteiger partial charge in [0.15, 0.2) is 0 Å². The van der Waals surface area contributed by atoms with E-state index in [1.165, 1.54) is 4.70 Å². The summed E-state index contributed by atoms with van der Waals surface area (Å²) in [7, 11) is 2.17. The fourth-order valence-electron chi connectivity index (χ4n) is 5.86. The van der Waals surface area contributed by atoms with E-state index >= 15 is 0 Å². The zero-order valence-electron chi connectivity index (χ0n) is 23.0. The third-order valence-electron chi connectivity index (χ3n) is 8.62. The number of aromatic nitrogens is 3. The number of aryl methyl sites for hydroxylation is 1. The highest BCUT2D eigenvalue weighted by molar-refractivity contribution is 7.18. The molecular formula is C30H41N5O2S. The molecule has 2 N–H and O–H groups in total. The zero-order chi connectivity index (χ0) is 26.7. The van der Waals surface area contributed by atoms with Gasteiger partial charge in [-0.1, -0.05) is 32.8 Å². The van der Waals surface area contributed by atoms with Crippen LogP contribution in [-0.2, 0) is 16.0 Å². The summed E-state index contributed by atoms with van der Waals surface area (Å²) in [5.41, 5.74) is 3.28. The lowest BCUT2D eigenvalue weighted by Crippen LogP contribution is -2.36. The Balaban J connectivity index is 1.28. The monoisotopic (exact) mass is 535 g/mol. The molecule has 8 heteroatoms. The molecule has 1 aromatic carbocycles. The smallest absolute Gasteiger partial charge is 0.224 e. The third kappa shape index (κ3) is 6.01. The maximum Gasteiger partial charge on any atom is 0.224 e. The van der Waals surface area contributed by atoms with Gasteiger partial charge in [-0.3, -0.25) is 9.59 Å². The Kier molecular flexibility index (Phi) is 8.29. The first-order valence-corrected chi connectivity index (χ1v) is 15.2. The van der Waals surface area contributed by atoms with Crippen LogP contribution in [0, 0.1) is 11.3 Å². The van der Waals surface area contributed by atoms with E-state index in [1.54, 1.807) is 11.3 Å². The van der Waals surface area contributed by atoms with Crippen molar-refractivity contribution >= 4 is 33.2 Å². The number of fused-ring (bicyclic) bond motifs is 1. The van der Waals surface area contributed by atoms with Crippen molar-refractivity contribution in [3.05, 3.63) is 35.2 Å². The number of nitrogens with one attached hydrogen (secondary N) is 2. The number of hydrogen-bond donors (Lipinski definition) is 2. The van der Waals surface area contributed by atoms with Gasteiger partial charge in [-0.25, -0.2) is 9.97 Å². The lowest BCUT2D eigenvalue weighted by Gasteiger charge is -2.30. The van der Waals surface area contributed by atoms with Gasteiger partial charge in [0.1, 0.15) is 11.6 Å². The van der Waals surface area contributed by atoms with Crippen LogP contribution < -0.4 is 5.32 Å². The van der Waals surface area contributed by atoms with Crippen molar-refractivity contribution in [1.29, 1.82) is 0 Å². The molecule has 0 bridgehead atoms. The molecule has 3 aromatic rings. The molecule has 5 rings (SSSR count). The number of carbonyl (C=O) groups is 2. The molecule has 0 unspecified atom stereocenters. The second-order valence-corrected chi connectivity index (χ2v) is 12.4. The number of aromatic amines is 1. The molecule has 1 saturated carbocycles. The summed E-state index contributed by atoms with van der Waals surface area (Å²) in [5, 5.41) is 4.52. The van der Waals surface area contributed by atoms with E-state index in [0.29, 0.717) is 18.6 Å². The van der Waals surface area contributed by atoms with Crippen molar-refractivity contribution in [3.63, 3.8) is 0 Å². The summed E-state index contributed by atoms with van der Waals surface area (Å²) in [5.74, 6) is 1.44. The average Bonchev–Trinajstić information content (AvgIpc) is 3.24. The first-order valence-electron chi connectivity index (χ1n) is 14.4. The van der Waals surface area contributed by atoms with Crippen molar-refractivity contribution in [1.82, 2.24) is 25.2 Å². The number of piperidine rings is 1. The predicted octanol–water partition coefficient (Wildman–Crippen LogP) is 6.07. The van der Waals surface area contributed by atoms with Crippen LogP contribution in [0.25, 0.3) is 21.5 Å². The largest absolute Gasteiger partial charge is 0.346 e. The van der Waals surface area contributed by atoms with Crippen molar-refractivity contribution < 1.29 is 9.59 Å². The highest BCUT2D eigenvalue weighted by atomic mass is 32.1. The SMILES string of the molecule is CCC(=O)CCCCC[C@H](NC(=O)[C@H]1CC12CCN(C)CC2)c1ncc(-c2ccc3nc(CC)sc3c2)[nH]1. The number of rotatable bonds is 12. The van der Waals surface area contributed by atoms with Crippen LogP contribution in [0.15, 0.2) is 24.4 Å². The molecule has 0 radical (unpaired) electrons. The molecule has 3 heterocycles. The van der Waals surface area contributed by atoms with Gasteiger partial charge in [0, 0.05) is 24.3 Å². The number of Topliss-reactive ketones (excluding diaryl/α,β-unsaturated/α-hetero) is 1. The van der Waals surface area contributed by atoms with E-state index in [4.69, 9.17) is 4.98 Å². The Morgan fingerprint density at radius 1 is 1.21 bits per heavy atom. The number of amides is 1. The number of nitrogens with zero attached hydrogens (tertiary/aromatic N) is 3. The standard InChI is InChI=1S/C30H41N5O2S/c1-4-21(36)9-7-6-8-10-24(34-29(37)22-18-30(22)13-15-35(3)16-14-30)28-31-19-25(33-28)20-11-12-23-26(17-20)38-27(5-2)32-23/h11-12,17,19,22,24H,4-10,13-16,18H2,1-3H3,(H,31,33)(H,34,37)/t22-,24+/m1/s1. The Bertz CT molecular complexity index is 1270. The maximum absolute atomic E-state index is 13.4. The molecule has 1 amide bonds. The summed E-state index contributed by atoms with van der Waals surface area (Å²) < 4.78 is 1.18. The Labute approximate surface area is 229 Å². The molecule has 2 fully saturated rings. The second-order valence-electron chi connectivity index (χ2n) is 11.3. The van der Waals surface area contributed by atoms with Crippen LogP contribution in [0.1, 0.15) is 88.5 Å². The van der Waals surface area contributed by atoms with Crippen LogP contribution in [0.2, 0.25) is 0 Å². The first kappa shape index (κ1) is 27.0. The van der Waals surface area contributed by atoms with Crippen molar-refractivity contribution in [3.8, 4) is 11.3 Å². The first-order chi connectivity index (χ1) is 18.4. The van der Waals surface area contributed by atoms with Crippen LogP contribution >= 0.6 is 11.3 Å². The highest BCUT2D eigenvalue weighted by Crippen LogP contribution is 2.59. The summed E-state index contributed by atoms with van der Waals surface area (Å²) in [6.45, 7) is 6.21. The Morgan fingerprint density at radius 3 is 2.79 bits per heavy atom. The van der Waals surface area contributed by atoms with E-state index < -0.39 is 0 Å². The van der Waals surface area contributed by atoms with E-state index in [9.17, 15) is 9.59 Å².